The number of ether oxygens (including phenoxy) is 2. The molecule has 0 bridgehead atoms. The fraction of sp³-hybridized carbons (Fsp3) is 0.889. The van der Waals surface area contributed by atoms with Gasteiger partial charge in [-0.1, -0.05) is 77.2 Å². The smallest absolute Gasteiger partial charge is 0.147 e. The Morgan fingerprint density at radius 1 is 0.952 bits per heavy atom. The van der Waals surface area contributed by atoms with E-state index in [2.05, 4.69) is 13.5 Å². The quantitative estimate of drug-likeness (QED) is 0.252. The summed E-state index contributed by atoms with van der Waals surface area (Å²) in [4.78, 5) is 0. The lowest BCUT2D eigenvalue weighted by Crippen LogP contribution is -2.27. The Kier molecular flexibility index (Phi) is 15.7. The van der Waals surface area contributed by atoms with Gasteiger partial charge in [0.05, 0.1) is 6.10 Å². The highest BCUT2D eigenvalue weighted by molar-refractivity contribution is 4.85. The largest absolute Gasteiger partial charge is 0.390 e. The van der Waals surface area contributed by atoms with Gasteiger partial charge in [0.25, 0.3) is 0 Å². The molecule has 2 atom stereocenters. The summed E-state index contributed by atoms with van der Waals surface area (Å²) in [6.07, 6.45) is 14.7. The minimum absolute atomic E-state index is 0.200. The molecule has 3 heteroatoms. The Bertz CT molecular complexity index is 219. The van der Waals surface area contributed by atoms with E-state index in [-0.39, 0.29) is 12.9 Å². The van der Waals surface area contributed by atoms with Gasteiger partial charge in [-0.15, -0.1) is 6.58 Å². The van der Waals surface area contributed by atoms with Crippen LogP contribution >= 0.6 is 0 Å². The van der Waals surface area contributed by atoms with E-state index in [9.17, 15) is 5.11 Å². The van der Waals surface area contributed by atoms with E-state index >= 15 is 0 Å². The van der Waals surface area contributed by atoms with Gasteiger partial charge in [0, 0.05) is 7.11 Å². The monoisotopic (exact) mass is 300 g/mol. The molecule has 0 unspecified atom stereocenters. The highest BCUT2D eigenvalue weighted by Crippen LogP contribution is 2.14. The first kappa shape index (κ1) is 20.6. The molecule has 1 N–H and O–H groups in total. The normalized spacial score (nSPS) is 14.0. The lowest BCUT2D eigenvalue weighted by atomic mass is 10.0. The first-order chi connectivity index (χ1) is 10.3. The molecule has 0 aliphatic carbocycles. The zero-order valence-corrected chi connectivity index (χ0v) is 14.2. The van der Waals surface area contributed by atoms with Crippen LogP contribution in [0.1, 0.15) is 77.6 Å². The Morgan fingerprint density at radius 3 is 1.95 bits per heavy atom. The average Bonchev–Trinajstić information content (AvgIpc) is 2.50. The number of hydrogen-bond donors (Lipinski definition) is 1. The Balaban J connectivity index is 3.38. The molecule has 0 heterocycles. The van der Waals surface area contributed by atoms with Crippen molar-refractivity contribution in [1.82, 2.24) is 0 Å². The average molecular weight is 300 g/mol. The maximum Gasteiger partial charge on any atom is 0.147 e. The van der Waals surface area contributed by atoms with Gasteiger partial charge in [-0.25, -0.2) is 0 Å². The Hall–Kier alpha value is -0.380. The first-order valence-electron chi connectivity index (χ1n) is 8.67. The number of unbranched alkanes of at least 4 members (excludes halogenated alkanes) is 9. The predicted molar refractivity (Wildman–Crippen MR) is 89.4 cm³/mol. The topological polar surface area (TPSA) is 38.7 Å². The van der Waals surface area contributed by atoms with Crippen LogP contribution < -0.4 is 0 Å². The summed E-state index contributed by atoms with van der Waals surface area (Å²) in [6, 6.07) is 0. The predicted octanol–water partition coefficient (Wildman–Crippen LogP) is 4.83. The molecular weight excluding hydrogens is 264 g/mol. The third kappa shape index (κ3) is 13.0. The maximum absolute atomic E-state index is 10.0. The third-order valence-electron chi connectivity index (χ3n) is 3.84. The highest BCUT2D eigenvalue weighted by Gasteiger charge is 2.15. The number of aliphatic hydroxyl groups is 1. The van der Waals surface area contributed by atoms with Crippen LogP contribution in [0, 0.1) is 0 Å². The molecule has 0 saturated heterocycles. The standard InChI is InChI=1S/C18H36O3/c1-4-6-7-8-9-10-11-12-13-14-15-17(19)18(5-2)21-16-20-3/h5,17-19H,2,4,6-16H2,1,3H3/t17-,18-/m1/s1. The summed E-state index contributed by atoms with van der Waals surface area (Å²) in [5, 5.41) is 10.0. The van der Waals surface area contributed by atoms with Crippen LogP contribution in [0.15, 0.2) is 12.7 Å². The van der Waals surface area contributed by atoms with Crippen molar-refractivity contribution in [2.24, 2.45) is 0 Å². The molecule has 0 aliphatic heterocycles. The van der Waals surface area contributed by atoms with Gasteiger partial charge in [-0.3, -0.25) is 0 Å². The van der Waals surface area contributed by atoms with Crippen molar-refractivity contribution in [3.8, 4) is 0 Å². The van der Waals surface area contributed by atoms with Crippen molar-refractivity contribution in [2.75, 3.05) is 13.9 Å². The van der Waals surface area contributed by atoms with E-state index in [4.69, 9.17) is 9.47 Å². The third-order valence-corrected chi connectivity index (χ3v) is 3.84. The minimum atomic E-state index is -0.466. The van der Waals surface area contributed by atoms with E-state index in [1.807, 2.05) is 0 Å². The zero-order chi connectivity index (χ0) is 15.8. The molecule has 21 heavy (non-hydrogen) atoms. The van der Waals surface area contributed by atoms with Crippen molar-refractivity contribution < 1.29 is 14.6 Å². The lowest BCUT2D eigenvalue weighted by Gasteiger charge is -2.19. The number of methoxy groups -OCH3 is 1. The molecule has 0 aromatic carbocycles. The van der Waals surface area contributed by atoms with Crippen LogP contribution in [-0.2, 0) is 9.47 Å². The fourth-order valence-electron chi connectivity index (χ4n) is 2.49. The van der Waals surface area contributed by atoms with Gasteiger partial charge < -0.3 is 14.6 Å². The van der Waals surface area contributed by atoms with Gasteiger partial charge in [-0.05, 0) is 6.42 Å². The highest BCUT2D eigenvalue weighted by atomic mass is 16.7. The molecule has 0 amide bonds. The fourth-order valence-corrected chi connectivity index (χ4v) is 2.49. The van der Waals surface area contributed by atoms with Gasteiger partial charge in [0.15, 0.2) is 0 Å². The molecule has 0 radical (unpaired) electrons. The molecule has 3 nitrogen and oxygen atoms in total. The zero-order valence-electron chi connectivity index (χ0n) is 14.2. The molecule has 0 rings (SSSR count). The molecule has 126 valence electrons. The second-order valence-electron chi connectivity index (χ2n) is 5.81. The summed E-state index contributed by atoms with van der Waals surface area (Å²) < 4.78 is 10.2. The van der Waals surface area contributed by atoms with Crippen LogP contribution in [0.25, 0.3) is 0 Å². The van der Waals surface area contributed by atoms with Crippen LogP contribution in [0.3, 0.4) is 0 Å². The Labute approximate surface area is 131 Å². The molecule has 0 fully saturated rings. The van der Waals surface area contributed by atoms with Crippen molar-refractivity contribution in [3.63, 3.8) is 0 Å². The maximum atomic E-state index is 10.0. The van der Waals surface area contributed by atoms with Gasteiger partial charge in [0.2, 0.25) is 0 Å². The summed E-state index contributed by atoms with van der Waals surface area (Å²) in [5.41, 5.74) is 0. The van der Waals surface area contributed by atoms with Crippen molar-refractivity contribution in [3.05, 3.63) is 12.7 Å². The Morgan fingerprint density at radius 2 is 1.48 bits per heavy atom. The van der Waals surface area contributed by atoms with E-state index in [0.29, 0.717) is 0 Å². The molecular formula is C18H36O3. The van der Waals surface area contributed by atoms with Crippen LogP contribution in [0.2, 0.25) is 0 Å². The SMILES string of the molecule is C=C[C@@H](OCOC)[C@H](O)CCCCCCCCCCCC. The van der Waals surface area contributed by atoms with Crippen molar-refractivity contribution in [1.29, 1.82) is 0 Å². The van der Waals surface area contributed by atoms with E-state index < -0.39 is 6.10 Å². The second-order valence-corrected chi connectivity index (χ2v) is 5.81. The second kappa shape index (κ2) is 16.0. The molecule has 0 saturated carbocycles. The molecule has 0 spiro atoms. The van der Waals surface area contributed by atoms with Crippen LogP contribution in [0.4, 0.5) is 0 Å². The van der Waals surface area contributed by atoms with E-state index in [1.54, 1.807) is 13.2 Å². The number of rotatable bonds is 16. The summed E-state index contributed by atoms with van der Waals surface area (Å²) >= 11 is 0. The number of hydrogen-bond acceptors (Lipinski definition) is 3. The summed E-state index contributed by atoms with van der Waals surface area (Å²) in [7, 11) is 1.58. The van der Waals surface area contributed by atoms with Crippen molar-refractivity contribution in [2.45, 2.75) is 89.8 Å². The molecule has 0 aromatic rings. The van der Waals surface area contributed by atoms with Crippen LogP contribution in [-0.4, -0.2) is 31.2 Å². The van der Waals surface area contributed by atoms with E-state index in [0.717, 1.165) is 12.8 Å². The van der Waals surface area contributed by atoms with Gasteiger partial charge >= 0.3 is 0 Å². The first-order valence-corrected chi connectivity index (χ1v) is 8.67. The van der Waals surface area contributed by atoms with Crippen LogP contribution in [0.5, 0.6) is 0 Å². The summed E-state index contributed by atoms with van der Waals surface area (Å²) in [6.45, 7) is 6.15. The van der Waals surface area contributed by atoms with Crippen molar-refractivity contribution >= 4 is 0 Å². The van der Waals surface area contributed by atoms with Gasteiger partial charge in [-0.2, -0.15) is 0 Å². The van der Waals surface area contributed by atoms with Gasteiger partial charge in [0.1, 0.15) is 12.9 Å². The lowest BCUT2D eigenvalue weighted by molar-refractivity contribution is -0.0945. The summed E-state index contributed by atoms with van der Waals surface area (Å²) in [5.74, 6) is 0. The molecule has 0 aliphatic rings. The molecule has 0 aromatic heterocycles. The number of aliphatic hydroxyl groups excluding tert-OH is 1. The minimum Gasteiger partial charge on any atom is -0.390 e. The van der Waals surface area contributed by atoms with E-state index in [1.165, 1.54) is 57.8 Å².